The monoisotopic (exact) mass is 384 g/mol. The first-order valence-electron chi connectivity index (χ1n) is 7.97. The van der Waals surface area contributed by atoms with Gasteiger partial charge in [0.1, 0.15) is 0 Å². The average molecular weight is 384 g/mol. The molecule has 0 amide bonds. The number of hydrogen-bond acceptors (Lipinski definition) is 5. The van der Waals surface area contributed by atoms with Gasteiger partial charge in [-0.1, -0.05) is 40.0 Å². The van der Waals surface area contributed by atoms with Gasteiger partial charge in [0.05, 0.1) is 12.2 Å². The number of aliphatic carboxylic acids is 3. The number of unbranched alkanes of at least 4 members (excludes halogenated alkanes) is 1. The van der Waals surface area contributed by atoms with E-state index < -0.39 is 23.9 Å². The molecule has 0 radical (unpaired) electrons. The summed E-state index contributed by atoms with van der Waals surface area (Å²) in [4.78, 5) is 40.6. The lowest BCUT2D eigenvalue weighted by molar-refractivity contribution is -0.138. The van der Waals surface area contributed by atoms with Crippen molar-refractivity contribution in [3.63, 3.8) is 0 Å². The second-order valence-corrected chi connectivity index (χ2v) is 5.03. The molecule has 0 aromatic heterocycles. The lowest BCUT2D eigenvalue weighted by atomic mass is 10.2. The summed E-state index contributed by atoms with van der Waals surface area (Å²) in [6.07, 6.45) is 4.22. The Hall–Kier alpha value is -3.16. The smallest absolute Gasteiger partial charge is 0.337 e. The second-order valence-electron chi connectivity index (χ2n) is 5.03. The van der Waals surface area contributed by atoms with Crippen LogP contribution in [0.3, 0.4) is 0 Å². The zero-order valence-corrected chi connectivity index (χ0v) is 16.0. The molecule has 3 N–H and O–H groups in total. The molecule has 0 saturated carbocycles. The van der Waals surface area contributed by atoms with E-state index in [0.29, 0.717) is 13.0 Å². The highest BCUT2D eigenvalue weighted by atomic mass is 16.5. The van der Waals surface area contributed by atoms with E-state index >= 15 is 0 Å². The number of carbonyl (C=O) groups is 4. The summed E-state index contributed by atoms with van der Waals surface area (Å²) in [5.74, 6) is -3.53. The fourth-order valence-corrected chi connectivity index (χ4v) is 0.793. The third-order valence-electron chi connectivity index (χ3n) is 2.51. The molecular weight excluding hydrogens is 356 g/mol. The Labute approximate surface area is 159 Å². The minimum atomic E-state index is -1.12. The van der Waals surface area contributed by atoms with Gasteiger partial charge in [-0.25, -0.2) is 19.2 Å². The predicted molar refractivity (Wildman–Crippen MR) is 101 cm³/mol. The Kier molecular flexibility index (Phi) is 18.7. The van der Waals surface area contributed by atoms with Gasteiger partial charge in [0.2, 0.25) is 0 Å². The Morgan fingerprint density at radius 1 is 0.926 bits per heavy atom. The topological polar surface area (TPSA) is 138 Å². The van der Waals surface area contributed by atoms with Crippen LogP contribution in [0.25, 0.3) is 0 Å². The highest BCUT2D eigenvalue weighted by Gasteiger charge is 2.04. The van der Waals surface area contributed by atoms with E-state index in [-0.39, 0.29) is 16.7 Å². The van der Waals surface area contributed by atoms with Crippen molar-refractivity contribution in [2.45, 2.75) is 40.0 Å². The van der Waals surface area contributed by atoms with E-state index in [1.54, 1.807) is 6.92 Å². The van der Waals surface area contributed by atoms with E-state index in [2.05, 4.69) is 19.7 Å². The van der Waals surface area contributed by atoms with Crippen molar-refractivity contribution in [3.8, 4) is 0 Å². The van der Waals surface area contributed by atoms with Crippen LogP contribution in [0.2, 0.25) is 0 Å². The van der Waals surface area contributed by atoms with Crippen molar-refractivity contribution < 1.29 is 39.2 Å². The molecule has 0 rings (SSSR count). The Morgan fingerprint density at radius 2 is 1.41 bits per heavy atom. The van der Waals surface area contributed by atoms with Crippen molar-refractivity contribution in [3.05, 3.63) is 48.6 Å². The number of esters is 1. The number of carboxylic acids is 3. The summed E-state index contributed by atoms with van der Waals surface area (Å²) < 4.78 is 4.79. The highest BCUT2D eigenvalue weighted by Crippen LogP contribution is 1.98. The molecule has 0 aliphatic heterocycles. The summed E-state index contributed by atoms with van der Waals surface area (Å²) in [5.41, 5.74) is 0.485. The van der Waals surface area contributed by atoms with Gasteiger partial charge in [-0.15, -0.1) is 0 Å². The number of rotatable bonds is 9. The number of carbonyl (C=O) groups excluding carboxylic acids is 1. The van der Waals surface area contributed by atoms with Gasteiger partial charge < -0.3 is 20.1 Å². The molecule has 0 aromatic carbocycles. The van der Waals surface area contributed by atoms with Gasteiger partial charge in [0.15, 0.2) is 0 Å². The fraction of sp³-hybridized carbons (Fsp3) is 0.368. The molecule has 0 aliphatic rings. The number of ether oxygens (including phenoxy) is 1. The van der Waals surface area contributed by atoms with Crippen LogP contribution in [0.1, 0.15) is 40.0 Å². The molecule has 152 valence electrons. The van der Waals surface area contributed by atoms with E-state index in [1.165, 1.54) is 6.92 Å². The highest BCUT2D eigenvalue weighted by molar-refractivity contribution is 5.93. The largest absolute Gasteiger partial charge is 0.478 e. The van der Waals surface area contributed by atoms with E-state index in [9.17, 15) is 19.2 Å². The van der Waals surface area contributed by atoms with Crippen molar-refractivity contribution in [2.75, 3.05) is 6.61 Å². The third-order valence-corrected chi connectivity index (χ3v) is 2.51. The SMILES string of the molecule is C=C(C)C(=O)O.C=C(C=CC(=O)O)C(=O)OCCCC.C=C(CC)C(=O)O. The van der Waals surface area contributed by atoms with Crippen LogP contribution < -0.4 is 0 Å². The van der Waals surface area contributed by atoms with E-state index in [0.717, 1.165) is 25.0 Å². The average Bonchev–Trinajstić information content (AvgIpc) is 2.59. The molecule has 0 atom stereocenters. The molecule has 8 nitrogen and oxygen atoms in total. The molecule has 0 saturated heterocycles. The van der Waals surface area contributed by atoms with Crippen molar-refractivity contribution >= 4 is 23.9 Å². The van der Waals surface area contributed by atoms with Crippen LogP contribution in [0.15, 0.2) is 48.6 Å². The van der Waals surface area contributed by atoms with Crippen molar-refractivity contribution in [1.82, 2.24) is 0 Å². The quantitative estimate of drug-likeness (QED) is 0.238. The van der Waals surface area contributed by atoms with Crippen LogP contribution in [-0.4, -0.2) is 45.8 Å². The van der Waals surface area contributed by atoms with E-state index in [1.807, 2.05) is 6.92 Å². The summed E-state index contributed by atoms with van der Waals surface area (Å²) in [5, 5.41) is 24.3. The molecule has 27 heavy (non-hydrogen) atoms. The predicted octanol–water partition coefficient (Wildman–Crippen LogP) is 3.21. The first-order valence-corrected chi connectivity index (χ1v) is 7.97. The lowest BCUT2D eigenvalue weighted by Gasteiger charge is -2.02. The molecular formula is C19H28O8. The fourth-order valence-electron chi connectivity index (χ4n) is 0.793. The van der Waals surface area contributed by atoms with Gasteiger partial charge in [0, 0.05) is 17.2 Å². The van der Waals surface area contributed by atoms with Crippen LogP contribution >= 0.6 is 0 Å². The number of carboxylic acid groups (broad SMARTS) is 3. The molecule has 0 unspecified atom stereocenters. The first kappa shape index (κ1) is 28.6. The first-order chi connectivity index (χ1) is 12.4. The normalized spacial score (nSPS) is 9.00. The maximum absolute atomic E-state index is 11.1. The summed E-state index contributed by atoms with van der Waals surface area (Å²) >= 11 is 0. The third kappa shape index (κ3) is 22.8. The minimum Gasteiger partial charge on any atom is -0.478 e. The molecule has 0 spiro atoms. The Morgan fingerprint density at radius 3 is 1.67 bits per heavy atom. The summed E-state index contributed by atoms with van der Waals surface area (Å²) in [7, 11) is 0. The number of hydrogen-bond donors (Lipinski definition) is 3. The van der Waals surface area contributed by atoms with Crippen molar-refractivity contribution in [1.29, 1.82) is 0 Å². The van der Waals surface area contributed by atoms with Crippen LogP contribution in [0.5, 0.6) is 0 Å². The van der Waals surface area contributed by atoms with Gasteiger partial charge >= 0.3 is 23.9 Å². The molecule has 8 heteroatoms. The van der Waals surface area contributed by atoms with Crippen LogP contribution in [-0.2, 0) is 23.9 Å². The molecule has 0 aliphatic carbocycles. The van der Waals surface area contributed by atoms with Gasteiger partial charge in [-0.05, 0) is 25.8 Å². The zero-order chi connectivity index (χ0) is 22.0. The minimum absolute atomic E-state index is 0.0449. The maximum atomic E-state index is 11.1. The molecule has 0 aromatic rings. The molecule has 0 bridgehead atoms. The van der Waals surface area contributed by atoms with Gasteiger partial charge in [-0.3, -0.25) is 0 Å². The van der Waals surface area contributed by atoms with Crippen LogP contribution in [0, 0.1) is 0 Å². The Bertz CT molecular complexity index is 573. The molecule has 0 fully saturated rings. The Balaban J connectivity index is -0.000000369. The van der Waals surface area contributed by atoms with Gasteiger partial charge in [-0.2, -0.15) is 0 Å². The lowest BCUT2D eigenvalue weighted by Crippen LogP contribution is -2.07. The standard InChI is InChI=1S/C10H14O4.C5H8O2.C4H6O2/c1-3-4-7-14-10(13)8(2)5-6-9(11)12;1-3-4(2)5(6)7;1-3(2)4(5)6/h5-6H,2-4,7H2,1H3,(H,11,12);2-3H2,1H3,(H,6,7);1H2,2H3,(H,5,6). The van der Waals surface area contributed by atoms with Gasteiger partial charge in [0.25, 0.3) is 0 Å². The van der Waals surface area contributed by atoms with Crippen molar-refractivity contribution in [2.24, 2.45) is 0 Å². The summed E-state index contributed by atoms with van der Waals surface area (Å²) in [6, 6.07) is 0. The summed E-state index contributed by atoms with van der Waals surface area (Å²) in [6.45, 7) is 15.3. The van der Waals surface area contributed by atoms with E-state index in [4.69, 9.17) is 20.1 Å². The second kappa shape index (κ2) is 17.7. The van der Waals surface area contributed by atoms with Crippen LogP contribution in [0.4, 0.5) is 0 Å². The zero-order valence-electron chi connectivity index (χ0n) is 16.0. The maximum Gasteiger partial charge on any atom is 0.337 e. The molecule has 0 heterocycles.